The molecule has 1 aliphatic rings. The quantitative estimate of drug-likeness (QED) is 0.455. The van der Waals surface area contributed by atoms with Crippen LogP contribution in [0.1, 0.15) is 84.5 Å². The molecule has 0 radical (unpaired) electrons. The lowest BCUT2D eigenvalue weighted by atomic mass is 9.97. The van der Waals surface area contributed by atoms with Gasteiger partial charge in [-0.25, -0.2) is 0 Å². The zero-order valence-corrected chi connectivity index (χ0v) is 12.9. The molecule has 1 heteroatoms. The summed E-state index contributed by atoms with van der Waals surface area (Å²) in [7, 11) is 0. The minimum absolute atomic E-state index is 0.967. The minimum Gasteiger partial charge on any atom is -0.303 e. The lowest BCUT2D eigenvalue weighted by Gasteiger charge is -2.14. The first-order valence-corrected chi connectivity index (χ1v) is 8.55. The number of hydrogen-bond acceptors (Lipinski definition) is 1. The average Bonchev–Trinajstić information content (AvgIpc) is 2.88. The van der Waals surface area contributed by atoms with Crippen molar-refractivity contribution < 1.29 is 0 Å². The maximum absolute atomic E-state index is 2.65. The third-order valence-electron chi connectivity index (χ3n) is 4.42. The van der Waals surface area contributed by atoms with Crippen molar-refractivity contribution in [3.05, 3.63) is 0 Å². The fraction of sp³-hybridized carbons (Fsp3) is 1.00. The molecule has 1 rings (SSSR count). The van der Waals surface area contributed by atoms with Crippen LogP contribution in [0.15, 0.2) is 0 Å². The molecule has 1 nitrogen and oxygen atoms in total. The van der Waals surface area contributed by atoms with Crippen LogP contribution in [0.3, 0.4) is 0 Å². The SMILES string of the molecule is CCCCC(C)CCCCCCCN1CCCC1. The summed E-state index contributed by atoms with van der Waals surface area (Å²) < 4.78 is 0. The van der Waals surface area contributed by atoms with Crippen molar-refractivity contribution in [3.63, 3.8) is 0 Å². The standard InChI is InChI=1S/C17H35N/c1-3-4-12-17(2)13-8-6-5-7-9-14-18-15-10-11-16-18/h17H,3-16H2,1-2H3. The van der Waals surface area contributed by atoms with Gasteiger partial charge in [0.1, 0.15) is 0 Å². The summed E-state index contributed by atoms with van der Waals surface area (Å²) in [5.41, 5.74) is 0. The van der Waals surface area contributed by atoms with Crippen LogP contribution in [0.5, 0.6) is 0 Å². The summed E-state index contributed by atoms with van der Waals surface area (Å²) in [4.78, 5) is 2.65. The molecule has 1 heterocycles. The molecular weight excluding hydrogens is 218 g/mol. The van der Waals surface area contributed by atoms with Crippen molar-refractivity contribution in [2.45, 2.75) is 84.5 Å². The van der Waals surface area contributed by atoms with Crippen LogP contribution in [0.4, 0.5) is 0 Å². The highest BCUT2D eigenvalue weighted by Crippen LogP contribution is 2.17. The van der Waals surface area contributed by atoms with Crippen LogP contribution < -0.4 is 0 Å². The third kappa shape index (κ3) is 8.13. The molecule has 0 aromatic carbocycles. The van der Waals surface area contributed by atoms with Gasteiger partial charge in [-0.3, -0.25) is 0 Å². The van der Waals surface area contributed by atoms with E-state index in [1.165, 1.54) is 90.3 Å². The van der Waals surface area contributed by atoms with Crippen molar-refractivity contribution >= 4 is 0 Å². The molecular formula is C17H35N. The fourth-order valence-corrected chi connectivity index (χ4v) is 3.06. The molecule has 18 heavy (non-hydrogen) atoms. The zero-order chi connectivity index (χ0) is 13.1. The molecule has 0 N–H and O–H groups in total. The second-order valence-electron chi connectivity index (χ2n) is 6.35. The molecule has 1 aliphatic heterocycles. The Hall–Kier alpha value is -0.0400. The summed E-state index contributed by atoms with van der Waals surface area (Å²) in [5, 5.41) is 0. The average molecular weight is 253 g/mol. The predicted molar refractivity (Wildman–Crippen MR) is 82.1 cm³/mol. The molecule has 0 bridgehead atoms. The first-order chi connectivity index (χ1) is 8.83. The van der Waals surface area contributed by atoms with Crippen LogP contribution in [-0.4, -0.2) is 24.5 Å². The smallest absolute Gasteiger partial charge is 0.00183 e. The number of hydrogen-bond donors (Lipinski definition) is 0. The molecule has 0 saturated carbocycles. The van der Waals surface area contributed by atoms with Crippen LogP contribution in [0, 0.1) is 5.92 Å². The van der Waals surface area contributed by atoms with E-state index < -0.39 is 0 Å². The van der Waals surface area contributed by atoms with Crippen molar-refractivity contribution in [1.29, 1.82) is 0 Å². The van der Waals surface area contributed by atoms with Gasteiger partial charge in [-0.2, -0.15) is 0 Å². The van der Waals surface area contributed by atoms with Gasteiger partial charge in [-0.1, -0.05) is 65.2 Å². The van der Waals surface area contributed by atoms with E-state index in [2.05, 4.69) is 18.7 Å². The summed E-state index contributed by atoms with van der Waals surface area (Å²) in [6.07, 6.45) is 15.9. The minimum atomic E-state index is 0.967. The Kier molecular flexibility index (Phi) is 9.65. The molecule has 0 aromatic heterocycles. The molecule has 108 valence electrons. The summed E-state index contributed by atoms with van der Waals surface area (Å²) >= 11 is 0. The Morgan fingerprint density at radius 1 is 0.833 bits per heavy atom. The van der Waals surface area contributed by atoms with Gasteiger partial charge in [0.25, 0.3) is 0 Å². The lowest BCUT2D eigenvalue weighted by molar-refractivity contribution is 0.327. The Bertz CT molecular complexity index is 172. The van der Waals surface area contributed by atoms with E-state index in [1.54, 1.807) is 0 Å². The second kappa shape index (κ2) is 10.8. The van der Waals surface area contributed by atoms with Crippen LogP contribution in [0.25, 0.3) is 0 Å². The summed E-state index contributed by atoms with van der Waals surface area (Å²) in [6, 6.07) is 0. The zero-order valence-electron chi connectivity index (χ0n) is 12.9. The first kappa shape index (κ1) is 16.0. The van der Waals surface area contributed by atoms with Crippen LogP contribution in [0.2, 0.25) is 0 Å². The van der Waals surface area contributed by atoms with Gasteiger partial charge >= 0.3 is 0 Å². The van der Waals surface area contributed by atoms with Gasteiger partial charge in [0.05, 0.1) is 0 Å². The van der Waals surface area contributed by atoms with Gasteiger partial charge in [-0.05, 0) is 44.8 Å². The summed E-state index contributed by atoms with van der Waals surface area (Å²) in [6.45, 7) is 8.84. The van der Waals surface area contributed by atoms with E-state index in [0.29, 0.717) is 0 Å². The van der Waals surface area contributed by atoms with Gasteiger partial charge < -0.3 is 4.90 Å². The number of nitrogens with zero attached hydrogens (tertiary/aromatic N) is 1. The third-order valence-corrected chi connectivity index (χ3v) is 4.42. The van der Waals surface area contributed by atoms with E-state index in [1.807, 2.05) is 0 Å². The van der Waals surface area contributed by atoms with Crippen LogP contribution >= 0.6 is 0 Å². The summed E-state index contributed by atoms with van der Waals surface area (Å²) in [5.74, 6) is 0.967. The Morgan fingerprint density at radius 2 is 1.44 bits per heavy atom. The maximum atomic E-state index is 2.65. The topological polar surface area (TPSA) is 3.24 Å². The largest absolute Gasteiger partial charge is 0.303 e. The van der Waals surface area contributed by atoms with E-state index in [9.17, 15) is 0 Å². The Balaban J connectivity index is 1.77. The van der Waals surface area contributed by atoms with Gasteiger partial charge in [0, 0.05) is 0 Å². The molecule has 0 aliphatic carbocycles. The number of unbranched alkanes of at least 4 members (excludes halogenated alkanes) is 5. The highest BCUT2D eigenvalue weighted by molar-refractivity contribution is 4.65. The van der Waals surface area contributed by atoms with E-state index in [0.717, 1.165) is 5.92 Å². The van der Waals surface area contributed by atoms with Crippen LogP contribution in [-0.2, 0) is 0 Å². The molecule has 1 atom stereocenters. The van der Waals surface area contributed by atoms with Gasteiger partial charge in [-0.15, -0.1) is 0 Å². The van der Waals surface area contributed by atoms with Crippen molar-refractivity contribution in [2.24, 2.45) is 5.92 Å². The fourth-order valence-electron chi connectivity index (χ4n) is 3.06. The number of likely N-dealkylation sites (tertiary alicyclic amines) is 1. The normalized spacial score (nSPS) is 18.3. The highest BCUT2D eigenvalue weighted by atomic mass is 15.1. The van der Waals surface area contributed by atoms with E-state index >= 15 is 0 Å². The van der Waals surface area contributed by atoms with Crippen molar-refractivity contribution in [2.75, 3.05) is 19.6 Å². The highest BCUT2D eigenvalue weighted by Gasteiger charge is 2.09. The monoisotopic (exact) mass is 253 g/mol. The van der Waals surface area contributed by atoms with Crippen molar-refractivity contribution in [3.8, 4) is 0 Å². The lowest BCUT2D eigenvalue weighted by Crippen LogP contribution is -2.20. The molecule has 0 spiro atoms. The predicted octanol–water partition coefficient (Wildman–Crippen LogP) is 5.25. The maximum Gasteiger partial charge on any atom is -0.00183 e. The van der Waals surface area contributed by atoms with Gasteiger partial charge in [0.15, 0.2) is 0 Å². The van der Waals surface area contributed by atoms with E-state index in [-0.39, 0.29) is 0 Å². The number of rotatable bonds is 11. The Morgan fingerprint density at radius 3 is 2.17 bits per heavy atom. The second-order valence-corrected chi connectivity index (χ2v) is 6.35. The molecule has 1 fully saturated rings. The van der Waals surface area contributed by atoms with E-state index in [4.69, 9.17) is 0 Å². The molecule has 0 aromatic rings. The van der Waals surface area contributed by atoms with Gasteiger partial charge in [0.2, 0.25) is 0 Å². The molecule has 1 saturated heterocycles. The van der Waals surface area contributed by atoms with Crippen molar-refractivity contribution in [1.82, 2.24) is 4.90 Å². The molecule has 0 amide bonds. The Labute approximate surface area is 115 Å². The molecule has 1 unspecified atom stereocenters. The first-order valence-electron chi connectivity index (χ1n) is 8.55.